The summed E-state index contributed by atoms with van der Waals surface area (Å²) in [6.45, 7) is 1.72. The van der Waals surface area contributed by atoms with Crippen LogP contribution < -0.4 is 5.73 Å². The number of rotatable bonds is 2. The summed E-state index contributed by atoms with van der Waals surface area (Å²) in [4.78, 5) is 10.1. The summed E-state index contributed by atoms with van der Waals surface area (Å²) in [6.07, 6.45) is 0. The van der Waals surface area contributed by atoms with Gasteiger partial charge in [-0.05, 0) is 19.1 Å². The van der Waals surface area contributed by atoms with Crippen molar-refractivity contribution in [2.45, 2.75) is 13.0 Å². The van der Waals surface area contributed by atoms with Crippen molar-refractivity contribution in [1.82, 2.24) is 0 Å². The van der Waals surface area contributed by atoms with Gasteiger partial charge in [0.25, 0.3) is 5.69 Å². The fourth-order valence-electron chi connectivity index (χ4n) is 1.06. The zero-order valence-electron chi connectivity index (χ0n) is 7.03. The second-order valence-corrected chi connectivity index (χ2v) is 3.66. The van der Waals surface area contributed by atoms with Gasteiger partial charge in [-0.2, -0.15) is 0 Å². The fraction of sp³-hybridized carbons (Fsp3) is 0.250. The van der Waals surface area contributed by atoms with Crippen LogP contribution in [-0.2, 0) is 0 Å². The molecule has 0 aliphatic heterocycles. The molecule has 0 aliphatic carbocycles. The van der Waals surface area contributed by atoms with Crippen LogP contribution in [0.1, 0.15) is 18.5 Å². The van der Waals surface area contributed by atoms with Gasteiger partial charge < -0.3 is 5.73 Å². The Bertz CT molecular complexity index is 339. The fourth-order valence-corrected chi connectivity index (χ4v) is 1.44. The summed E-state index contributed by atoms with van der Waals surface area (Å²) in [5.41, 5.74) is 6.20. The normalized spacial score (nSPS) is 12.5. The second-order valence-electron chi connectivity index (χ2n) is 2.75. The molecule has 1 unspecified atom stereocenters. The van der Waals surface area contributed by atoms with Crippen LogP contribution in [0.4, 0.5) is 5.69 Å². The summed E-state index contributed by atoms with van der Waals surface area (Å²) >= 11 is 3.24. The molecule has 0 bridgehead atoms. The molecule has 13 heavy (non-hydrogen) atoms. The van der Waals surface area contributed by atoms with E-state index in [1.807, 2.05) is 0 Å². The number of nitrogens with two attached hydrogens (primary N) is 1. The Hall–Kier alpha value is -0.940. The molecule has 0 amide bonds. The molecule has 1 atom stereocenters. The van der Waals surface area contributed by atoms with Crippen LogP contribution in [0.15, 0.2) is 22.7 Å². The average molecular weight is 245 g/mol. The maximum absolute atomic E-state index is 10.6. The van der Waals surface area contributed by atoms with Crippen LogP contribution in [0, 0.1) is 10.1 Å². The van der Waals surface area contributed by atoms with Gasteiger partial charge in [-0.25, -0.2) is 0 Å². The van der Waals surface area contributed by atoms with E-state index in [0.29, 0.717) is 5.56 Å². The highest BCUT2D eigenvalue weighted by Gasteiger charge is 2.16. The Balaban J connectivity index is 3.26. The van der Waals surface area contributed by atoms with E-state index in [1.165, 1.54) is 6.07 Å². The number of hydrogen-bond acceptors (Lipinski definition) is 3. The Morgan fingerprint density at radius 1 is 1.62 bits per heavy atom. The van der Waals surface area contributed by atoms with Gasteiger partial charge in [0, 0.05) is 22.1 Å². The van der Waals surface area contributed by atoms with Gasteiger partial charge in [-0.3, -0.25) is 10.1 Å². The Labute approximate surface area is 84.0 Å². The van der Waals surface area contributed by atoms with Crippen LogP contribution in [-0.4, -0.2) is 4.92 Å². The standard InChI is InChI=1S/C8H9BrN2O2/c1-5(10)7-4-6(9)2-3-8(7)11(12)13/h2-5H,10H2,1H3. The lowest BCUT2D eigenvalue weighted by molar-refractivity contribution is -0.385. The van der Waals surface area contributed by atoms with Crippen LogP contribution >= 0.6 is 15.9 Å². The molecular formula is C8H9BrN2O2. The molecular weight excluding hydrogens is 236 g/mol. The van der Waals surface area contributed by atoms with Crippen LogP contribution in [0.5, 0.6) is 0 Å². The number of nitro benzene ring substituents is 1. The lowest BCUT2D eigenvalue weighted by Gasteiger charge is -2.06. The van der Waals surface area contributed by atoms with Crippen molar-refractivity contribution < 1.29 is 4.92 Å². The van der Waals surface area contributed by atoms with Gasteiger partial charge in [-0.1, -0.05) is 15.9 Å². The highest BCUT2D eigenvalue weighted by Crippen LogP contribution is 2.26. The van der Waals surface area contributed by atoms with Crippen LogP contribution in [0.2, 0.25) is 0 Å². The SMILES string of the molecule is CC(N)c1cc(Br)ccc1[N+](=O)[O-]. The first kappa shape index (κ1) is 10.1. The van der Waals surface area contributed by atoms with Crippen LogP contribution in [0.25, 0.3) is 0 Å². The van der Waals surface area contributed by atoms with E-state index in [0.717, 1.165) is 4.47 Å². The van der Waals surface area contributed by atoms with E-state index in [-0.39, 0.29) is 11.7 Å². The van der Waals surface area contributed by atoms with E-state index in [2.05, 4.69) is 15.9 Å². The van der Waals surface area contributed by atoms with E-state index >= 15 is 0 Å². The lowest BCUT2D eigenvalue weighted by Crippen LogP contribution is -2.07. The summed E-state index contributed by atoms with van der Waals surface area (Å²) in [7, 11) is 0. The van der Waals surface area contributed by atoms with Crippen molar-refractivity contribution in [3.63, 3.8) is 0 Å². The third-order valence-electron chi connectivity index (χ3n) is 1.68. The predicted octanol–water partition coefficient (Wildman–Crippen LogP) is 2.38. The largest absolute Gasteiger partial charge is 0.324 e. The van der Waals surface area contributed by atoms with Gasteiger partial charge in [0.2, 0.25) is 0 Å². The molecule has 0 radical (unpaired) electrons. The van der Waals surface area contributed by atoms with Gasteiger partial charge >= 0.3 is 0 Å². The zero-order chi connectivity index (χ0) is 10.0. The van der Waals surface area contributed by atoms with Gasteiger partial charge in [-0.15, -0.1) is 0 Å². The Kier molecular flexibility index (Phi) is 3.00. The van der Waals surface area contributed by atoms with Crippen molar-refractivity contribution in [2.75, 3.05) is 0 Å². The van der Waals surface area contributed by atoms with E-state index in [9.17, 15) is 10.1 Å². The molecule has 0 saturated carbocycles. The van der Waals surface area contributed by atoms with E-state index < -0.39 is 4.92 Å². The minimum atomic E-state index is -0.425. The predicted molar refractivity (Wildman–Crippen MR) is 53.4 cm³/mol. The number of nitrogens with zero attached hydrogens (tertiary/aromatic N) is 1. The maximum atomic E-state index is 10.6. The summed E-state index contributed by atoms with van der Waals surface area (Å²) < 4.78 is 0.797. The zero-order valence-corrected chi connectivity index (χ0v) is 8.61. The van der Waals surface area contributed by atoms with E-state index in [4.69, 9.17) is 5.73 Å². The molecule has 0 saturated heterocycles. The van der Waals surface area contributed by atoms with Gasteiger partial charge in [0.15, 0.2) is 0 Å². The highest BCUT2D eigenvalue weighted by molar-refractivity contribution is 9.10. The molecule has 0 aliphatic rings. The summed E-state index contributed by atoms with van der Waals surface area (Å²) in [5.74, 6) is 0. The topological polar surface area (TPSA) is 69.2 Å². The quantitative estimate of drug-likeness (QED) is 0.642. The number of nitro groups is 1. The monoisotopic (exact) mass is 244 g/mol. The molecule has 0 heterocycles. The molecule has 0 fully saturated rings. The smallest absolute Gasteiger partial charge is 0.274 e. The first-order valence-corrected chi connectivity index (χ1v) is 4.51. The van der Waals surface area contributed by atoms with E-state index in [1.54, 1.807) is 19.1 Å². The number of hydrogen-bond donors (Lipinski definition) is 1. The van der Waals surface area contributed by atoms with Crippen molar-refractivity contribution in [3.05, 3.63) is 38.3 Å². The number of halogens is 1. The van der Waals surface area contributed by atoms with Gasteiger partial charge in [0.1, 0.15) is 0 Å². The lowest BCUT2D eigenvalue weighted by atomic mass is 10.1. The highest BCUT2D eigenvalue weighted by atomic mass is 79.9. The molecule has 1 aromatic carbocycles. The number of benzene rings is 1. The third kappa shape index (κ3) is 2.26. The first-order valence-electron chi connectivity index (χ1n) is 3.72. The van der Waals surface area contributed by atoms with Gasteiger partial charge in [0.05, 0.1) is 4.92 Å². The molecule has 1 aromatic rings. The third-order valence-corrected chi connectivity index (χ3v) is 2.17. The molecule has 70 valence electrons. The maximum Gasteiger partial charge on any atom is 0.274 e. The van der Waals surface area contributed by atoms with Crippen molar-refractivity contribution in [1.29, 1.82) is 0 Å². The molecule has 4 nitrogen and oxygen atoms in total. The molecule has 0 aromatic heterocycles. The minimum absolute atomic E-state index is 0.0678. The summed E-state index contributed by atoms with van der Waals surface area (Å²) in [6, 6.07) is 4.41. The Morgan fingerprint density at radius 2 is 2.23 bits per heavy atom. The molecule has 5 heteroatoms. The molecule has 0 spiro atoms. The van der Waals surface area contributed by atoms with Crippen LogP contribution in [0.3, 0.4) is 0 Å². The first-order chi connectivity index (χ1) is 6.02. The van der Waals surface area contributed by atoms with Crippen molar-refractivity contribution in [3.8, 4) is 0 Å². The second kappa shape index (κ2) is 3.85. The van der Waals surface area contributed by atoms with Crippen molar-refractivity contribution in [2.24, 2.45) is 5.73 Å². The Morgan fingerprint density at radius 3 is 2.69 bits per heavy atom. The summed E-state index contributed by atoms with van der Waals surface area (Å²) in [5, 5.41) is 10.6. The average Bonchev–Trinajstić information content (AvgIpc) is 2.03. The molecule has 1 rings (SSSR count). The van der Waals surface area contributed by atoms with Crippen molar-refractivity contribution >= 4 is 21.6 Å². The minimum Gasteiger partial charge on any atom is -0.324 e. The molecule has 2 N–H and O–H groups in total.